The van der Waals surface area contributed by atoms with Crippen molar-refractivity contribution < 1.29 is 24.9 Å². The number of fused-ring (bicyclic) bond motifs is 4. The number of Topliss-reactive ketones (excluding diaryl/α,β-unsaturated/α-hetero) is 1. The Bertz CT molecular complexity index is 985. The normalized spacial score (nSPS) is 43.5. The first-order valence-electron chi connectivity index (χ1n) is 11.5. The standard InChI is InChI=1S/C24H31NO6/c1-11-3-6-14-13(9-11)5-4-12(2)17(14)20(28)18-21-15(10-25-23(18)29)24(30)8-7-16(26)19(27)22(24)31-21/h4-5,10-14,16-17,19,22,26-27,30H,3,6-9H2,1-2H3,(H,25,29). The molecule has 1 aromatic heterocycles. The summed E-state index contributed by atoms with van der Waals surface area (Å²) < 4.78 is 5.89. The van der Waals surface area contributed by atoms with E-state index in [0.29, 0.717) is 17.4 Å². The Kier molecular flexibility index (Phi) is 4.92. The zero-order valence-corrected chi connectivity index (χ0v) is 18.0. The number of aromatic nitrogens is 1. The van der Waals surface area contributed by atoms with Crippen molar-refractivity contribution in [1.29, 1.82) is 0 Å². The van der Waals surface area contributed by atoms with Gasteiger partial charge in [0, 0.05) is 17.7 Å². The second-order valence-corrected chi connectivity index (χ2v) is 10.2. The molecule has 0 amide bonds. The lowest BCUT2D eigenvalue weighted by Crippen LogP contribution is -2.55. The van der Waals surface area contributed by atoms with Crippen molar-refractivity contribution in [2.24, 2.45) is 29.6 Å². The summed E-state index contributed by atoms with van der Waals surface area (Å²) in [5.74, 6) is 0.609. The topological polar surface area (TPSA) is 120 Å². The molecule has 5 rings (SSSR count). The molecule has 0 radical (unpaired) electrons. The molecule has 1 aliphatic heterocycles. The maximum Gasteiger partial charge on any atom is 0.262 e. The Morgan fingerprint density at radius 1 is 1.19 bits per heavy atom. The number of H-pyrrole nitrogens is 1. The van der Waals surface area contributed by atoms with Gasteiger partial charge in [0.2, 0.25) is 0 Å². The van der Waals surface area contributed by atoms with Gasteiger partial charge in [-0.2, -0.15) is 0 Å². The van der Waals surface area contributed by atoms with Gasteiger partial charge in [0.25, 0.3) is 5.56 Å². The van der Waals surface area contributed by atoms with E-state index in [0.717, 1.165) is 19.3 Å². The van der Waals surface area contributed by atoms with Crippen molar-refractivity contribution in [3.63, 3.8) is 0 Å². The van der Waals surface area contributed by atoms with Crippen LogP contribution in [0.1, 0.15) is 61.9 Å². The zero-order chi connectivity index (χ0) is 22.1. The Hall–Kier alpha value is -1.96. The minimum Gasteiger partial charge on any atom is -0.483 e. The molecular formula is C24H31NO6. The minimum absolute atomic E-state index is 0.00316. The second-order valence-electron chi connectivity index (χ2n) is 10.2. The molecule has 2 fully saturated rings. The van der Waals surface area contributed by atoms with Crippen LogP contribution in [0.5, 0.6) is 5.75 Å². The SMILES string of the molecule is CC1CCC2C(C=CC(C)C2C(=O)c2c3c(c[nH]c2=O)C2(O)CCC(O)C(O)C2O3)C1. The number of nitrogens with one attached hydrogen (secondary N) is 1. The summed E-state index contributed by atoms with van der Waals surface area (Å²) in [6.07, 6.45) is 5.71. The van der Waals surface area contributed by atoms with E-state index in [1.807, 2.05) is 6.92 Å². The van der Waals surface area contributed by atoms with E-state index in [1.165, 1.54) is 6.20 Å². The molecule has 0 saturated heterocycles. The smallest absolute Gasteiger partial charge is 0.262 e. The molecule has 0 bridgehead atoms. The Morgan fingerprint density at radius 2 is 1.97 bits per heavy atom. The molecular weight excluding hydrogens is 398 g/mol. The van der Waals surface area contributed by atoms with Gasteiger partial charge < -0.3 is 25.0 Å². The van der Waals surface area contributed by atoms with Crippen LogP contribution in [0.4, 0.5) is 0 Å². The Morgan fingerprint density at radius 3 is 2.74 bits per heavy atom. The van der Waals surface area contributed by atoms with E-state index >= 15 is 0 Å². The molecule has 9 unspecified atom stereocenters. The number of carbonyl (C=O) groups is 1. The number of aromatic amines is 1. The molecule has 4 N–H and O–H groups in total. The molecule has 0 spiro atoms. The van der Waals surface area contributed by atoms with Gasteiger partial charge in [-0.25, -0.2) is 0 Å². The summed E-state index contributed by atoms with van der Waals surface area (Å²) in [6.45, 7) is 4.25. The van der Waals surface area contributed by atoms with Gasteiger partial charge in [-0.15, -0.1) is 0 Å². The highest BCUT2D eigenvalue weighted by molar-refractivity contribution is 6.01. The van der Waals surface area contributed by atoms with Crippen LogP contribution in [0, 0.1) is 29.6 Å². The molecule has 2 saturated carbocycles. The number of hydrogen-bond acceptors (Lipinski definition) is 6. The number of carbonyl (C=O) groups excluding carboxylic acids is 1. The molecule has 0 aromatic carbocycles. The van der Waals surface area contributed by atoms with Crippen LogP contribution in [0.15, 0.2) is 23.1 Å². The molecule has 168 valence electrons. The summed E-state index contributed by atoms with van der Waals surface area (Å²) in [5.41, 5.74) is -1.83. The first-order valence-corrected chi connectivity index (χ1v) is 11.5. The van der Waals surface area contributed by atoms with Gasteiger partial charge in [-0.05, 0) is 49.4 Å². The molecule has 3 aliphatic carbocycles. The lowest BCUT2D eigenvalue weighted by Gasteiger charge is -2.42. The summed E-state index contributed by atoms with van der Waals surface area (Å²) in [4.78, 5) is 29.3. The molecule has 31 heavy (non-hydrogen) atoms. The summed E-state index contributed by atoms with van der Waals surface area (Å²) in [6, 6.07) is 0. The Balaban J connectivity index is 1.56. The second kappa shape index (κ2) is 7.29. The predicted octanol–water partition coefficient (Wildman–Crippen LogP) is 1.90. The van der Waals surface area contributed by atoms with Crippen LogP contribution in [0.2, 0.25) is 0 Å². The van der Waals surface area contributed by atoms with E-state index in [1.54, 1.807) is 0 Å². The zero-order valence-electron chi connectivity index (χ0n) is 18.0. The fraction of sp³-hybridized carbons (Fsp3) is 0.667. The summed E-state index contributed by atoms with van der Waals surface area (Å²) in [5, 5.41) is 31.8. The van der Waals surface area contributed by atoms with Gasteiger partial charge in [0.15, 0.2) is 11.9 Å². The number of allylic oxidation sites excluding steroid dienone is 2. The van der Waals surface area contributed by atoms with Crippen LogP contribution >= 0.6 is 0 Å². The largest absolute Gasteiger partial charge is 0.483 e. The Labute approximate surface area is 181 Å². The number of rotatable bonds is 2. The van der Waals surface area contributed by atoms with Crippen molar-refractivity contribution in [2.45, 2.75) is 69.9 Å². The molecule has 4 aliphatic rings. The number of hydrogen-bond donors (Lipinski definition) is 4. The third-order valence-corrected chi connectivity index (χ3v) is 8.21. The van der Waals surface area contributed by atoms with Crippen molar-refractivity contribution in [1.82, 2.24) is 4.98 Å². The van der Waals surface area contributed by atoms with Crippen molar-refractivity contribution in [3.8, 4) is 5.75 Å². The number of ether oxygens (including phenoxy) is 1. The number of aliphatic hydroxyl groups is 3. The van der Waals surface area contributed by atoms with Gasteiger partial charge in [0.05, 0.1) is 6.10 Å². The molecule has 7 heteroatoms. The fourth-order valence-electron chi connectivity index (χ4n) is 6.47. The fourth-order valence-corrected chi connectivity index (χ4v) is 6.47. The van der Waals surface area contributed by atoms with E-state index in [9.17, 15) is 24.9 Å². The lowest BCUT2D eigenvalue weighted by molar-refractivity contribution is -0.163. The van der Waals surface area contributed by atoms with Crippen LogP contribution in [0.3, 0.4) is 0 Å². The first kappa shape index (κ1) is 20.9. The predicted molar refractivity (Wildman–Crippen MR) is 113 cm³/mol. The van der Waals surface area contributed by atoms with Crippen molar-refractivity contribution in [2.75, 3.05) is 0 Å². The monoisotopic (exact) mass is 429 g/mol. The highest BCUT2D eigenvalue weighted by Gasteiger charge is 2.57. The molecule has 9 atom stereocenters. The lowest BCUT2D eigenvalue weighted by atomic mass is 9.61. The average molecular weight is 430 g/mol. The average Bonchev–Trinajstić information content (AvgIpc) is 3.04. The van der Waals surface area contributed by atoms with Crippen LogP contribution in [-0.2, 0) is 5.60 Å². The van der Waals surface area contributed by atoms with Crippen molar-refractivity contribution in [3.05, 3.63) is 39.8 Å². The third kappa shape index (κ3) is 3.04. The van der Waals surface area contributed by atoms with E-state index < -0.39 is 29.5 Å². The summed E-state index contributed by atoms with van der Waals surface area (Å²) >= 11 is 0. The number of pyridine rings is 1. The molecule has 1 aromatic rings. The maximum atomic E-state index is 13.9. The summed E-state index contributed by atoms with van der Waals surface area (Å²) in [7, 11) is 0. The van der Waals surface area contributed by atoms with Gasteiger partial charge in [-0.3, -0.25) is 9.59 Å². The third-order valence-electron chi connectivity index (χ3n) is 8.21. The van der Waals surface area contributed by atoms with Gasteiger partial charge >= 0.3 is 0 Å². The quantitative estimate of drug-likeness (QED) is 0.421. The first-order chi connectivity index (χ1) is 14.7. The van der Waals surface area contributed by atoms with Crippen LogP contribution in [-0.4, -0.2) is 44.4 Å². The highest BCUT2D eigenvalue weighted by Crippen LogP contribution is 2.51. The number of aliphatic hydroxyl groups excluding tert-OH is 2. The van der Waals surface area contributed by atoms with E-state index in [-0.39, 0.29) is 47.7 Å². The van der Waals surface area contributed by atoms with Crippen LogP contribution < -0.4 is 10.3 Å². The highest BCUT2D eigenvalue weighted by atomic mass is 16.5. The molecule has 2 heterocycles. The maximum absolute atomic E-state index is 13.9. The van der Waals surface area contributed by atoms with Gasteiger partial charge in [0.1, 0.15) is 23.0 Å². The molecule has 7 nitrogen and oxygen atoms in total. The van der Waals surface area contributed by atoms with Crippen molar-refractivity contribution >= 4 is 5.78 Å². The van der Waals surface area contributed by atoms with Crippen LogP contribution in [0.25, 0.3) is 0 Å². The van der Waals surface area contributed by atoms with E-state index in [2.05, 4.69) is 24.1 Å². The van der Waals surface area contributed by atoms with Gasteiger partial charge in [-0.1, -0.05) is 32.4 Å². The number of ketones is 1. The minimum atomic E-state index is -1.55. The van der Waals surface area contributed by atoms with E-state index in [4.69, 9.17) is 4.74 Å².